The molecule has 0 radical (unpaired) electrons. The third-order valence-electron chi connectivity index (χ3n) is 6.21. The minimum absolute atomic E-state index is 0.260. The smallest absolute Gasteiger partial charge is 0.229 e. The molecule has 9 heteroatoms. The van der Waals surface area contributed by atoms with E-state index >= 15 is 0 Å². The second-order valence-corrected chi connectivity index (χ2v) is 9.17. The number of nitrogens with two attached hydrogens (primary N) is 1. The number of hydrogen-bond acceptors (Lipinski definition) is 9. The van der Waals surface area contributed by atoms with Crippen molar-refractivity contribution in [1.82, 2.24) is 15.0 Å². The van der Waals surface area contributed by atoms with Gasteiger partial charge < -0.3 is 31.2 Å². The minimum Gasteiger partial charge on any atom is -0.378 e. The third kappa shape index (κ3) is 9.92. The summed E-state index contributed by atoms with van der Waals surface area (Å²) in [5, 5.41) is 9.99. The Hall–Kier alpha value is -4.05. The molecule has 0 aliphatic rings. The number of benzene rings is 3. The first-order chi connectivity index (χ1) is 19.8. The van der Waals surface area contributed by atoms with Gasteiger partial charge in [0.2, 0.25) is 17.8 Å². The van der Waals surface area contributed by atoms with Crippen molar-refractivity contribution in [2.75, 3.05) is 62.0 Å². The van der Waals surface area contributed by atoms with Crippen LogP contribution in [0, 0.1) is 0 Å². The van der Waals surface area contributed by atoms with Gasteiger partial charge in [0.15, 0.2) is 0 Å². The summed E-state index contributed by atoms with van der Waals surface area (Å²) >= 11 is 0. The van der Waals surface area contributed by atoms with E-state index in [1.54, 1.807) is 0 Å². The quantitative estimate of drug-likeness (QED) is 0.135. The van der Waals surface area contributed by atoms with Crippen molar-refractivity contribution in [3.8, 4) is 0 Å². The Bertz CT molecular complexity index is 1190. The lowest BCUT2D eigenvalue weighted by atomic mass is 9.88. The summed E-state index contributed by atoms with van der Waals surface area (Å²) in [6, 6.07) is 31.3. The topological polar surface area (TPSA) is 119 Å². The van der Waals surface area contributed by atoms with Crippen LogP contribution in [0.3, 0.4) is 0 Å². The van der Waals surface area contributed by atoms with Crippen molar-refractivity contribution in [2.24, 2.45) is 5.73 Å². The van der Waals surface area contributed by atoms with Crippen LogP contribution in [0.4, 0.5) is 17.8 Å². The van der Waals surface area contributed by atoms with Crippen LogP contribution in [0.25, 0.3) is 0 Å². The van der Waals surface area contributed by atoms with E-state index in [9.17, 15) is 0 Å². The van der Waals surface area contributed by atoms with E-state index in [1.165, 1.54) is 11.1 Å². The summed E-state index contributed by atoms with van der Waals surface area (Å²) in [7, 11) is 0. The van der Waals surface area contributed by atoms with Crippen molar-refractivity contribution in [1.29, 1.82) is 0 Å². The molecule has 4 aromatic rings. The molecular weight excluding hydrogens is 502 g/mol. The van der Waals surface area contributed by atoms with Gasteiger partial charge >= 0.3 is 0 Å². The van der Waals surface area contributed by atoms with Gasteiger partial charge in [0, 0.05) is 32.1 Å². The molecule has 5 N–H and O–H groups in total. The fourth-order valence-corrected chi connectivity index (χ4v) is 4.26. The lowest BCUT2D eigenvalue weighted by Crippen LogP contribution is -2.17. The molecule has 0 saturated carbocycles. The highest BCUT2D eigenvalue weighted by molar-refractivity contribution is 5.43. The van der Waals surface area contributed by atoms with Crippen LogP contribution in [0.1, 0.15) is 29.0 Å². The van der Waals surface area contributed by atoms with Crippen molar-refractivity contribution in [3.63, 3.8) is 0 Å². The first kappa shape index (κ1) is 28.9. The molecule has 9 nitrogen and oxygen atoms in total. The highest BCUT2D eigenvalue weighted by Crippen LogP contribution is 2.27. The minimum atomic E-state index is 0.260. The van der Waals surface area contributed by atoms with E-state index < -0.39 is 0 Å². The first-order valence-corrected chi connectivity index (χ1v) is 13.8. The number of hydrogen-bond donors (Lipinski definition) is 4. The number of rotatable bonds is 18. The van der Waals surface area contributed by atoms with Crippen molar-refractivity contribution in [2.45, 2.75) is 18.9 Å². The van der Waals surface area contributed by atoms with E-state index in [0.717, 1.165) is 12.0 Å². The molecule has 0 atom stereocenters. The van der Waals surface area contributed by atoms with Crippen LogP contribution >= 0.6 is 0 Å². The maximum atomic E-state index is 5.61. The van der Waals surface area contributed by atoms with Gasteiger partial charge in [-0.15, -0.1) is 0 Å². The molecule has 0 bridgehead atoms. The summed E-state index contributed by atoms with van der Waals surface area (Å²) in [5.74, 6) is 1.77. The van der Waals surface area contributed by atoms with Crippen molar-refractivity contribution in [3.05, 3.63) is 108 Å². The number of anilines is 3. The van der Waals surface area contributed by atoms with E-state index in [-0.39, 0.29) is 5.92 Å². The molecule has 0 aliphatic carbocycles. The Kier molecular flexibility index (Phi) is 12.2. The molecule has 0 amide bonds. The van der Waals surface area contributed by atoms with Crippen LogP contribution in [0.5, 0.6) is 0 Å². The Morgan fingerprint density at radius 1 is 0.575 bits per heavy atom. The molecule has 0 aliphatic heterocycles. The number of ether oxygens (including phenoxy) is 2. The summed E-state index contributed by atoms with van der Waals surface area (Å²) in [6.07, 6.45) is 0.884. The number of nitrogens with zero attached hydrogens (tertiary/aromatic N) is 3. The van der Waals surface area contributed by atoms with Crippen molar-refractivity contribution >= 4 is 17.8 Å². The summed E-state index contributed by atoms with van der Waals surface area (Å²) in [6.45, 7) is 4.46. The van der Waals surface area contributed by atoms with Gasteiger partial charge in [-0.2, -0.15) is 15.0 Å². The van der Waals surface area contributed by atoms with Crippen LogP contribution in [0.15, 0.2) is 91.0 Å². The average Bonchev–Trinajstić information content (AvgIpc) is 3.01. The molecule has 0 spiro atoms. The van der Waals surface area contributed by atoms with Gasteiger partial charge in [-0.3, -0.25) is 0 Å². The summed E-state index contributed by atoms with van der Waals surface area (Å²) in [5.41, 5.74) is 9.14. The predicted octanol–water partition coefficient (Wildman–Crippen LogP) is 4.52. The number of nitrogens with one attached hydrogen (secondary N) is 3. The summed E-state index contributed by atoms with van der Waals surface area (Å²) < 4.78 is 10.9. The highest BCUT2D eigenvalue weighted by Gasteiger charge is 2.14. The Morgan fingerprint density at radius 2 is 1.07 bits per heavy atom. The molecule has 0 saturated heterocycles. The van der Waals surface area contributed by atoms with Gasteiger partial charge in [-0.05, 0) is 23.1 Å². The monoisotopic (exact) mass is 541 g/mol. The van der Waals surface area contributed by atoms with E-state index in [0.29, 0.717) is 70.5 Å². The lowest BCUT2D eigenvalue weighted by molar-refractivity contribution is 0.0547. The Balaban J connectivity index is 1.38. The van der Waals surface area contributed by atoms with E-state index in [2.05, 4.69) is 91.6 Å². The van der Waals surface area contributed by atoms with Crippen LogP contribution in [0.2, 0.25) is 0 Å². The van der Waals surface area contributed by atoms with Crippen molar-refractivity contribution < 1.29 is 9.47 Å². The fourth-order valence-electron chi connectivity index (χ4n) is 4.26. The Morgan fingerprint density at radius 3 is 1.65 bits per heavy atom. The molecular formula is C31H39N7O2. The van der Waals surface area contributed by atoms with Gasteiger partial charge in [0.1, 0.15) is 0 Å². The van der Waals surface area contributed by atoms with Gasteiger partial charge in [-0.25, -0.2) is 0 Å². The molecule has 40 heavy (non-hydrogen) atoms. The zero-order chi connectivity index (χ0) is 27.7. The largest absolute Gasteiger partial charge is 0.378 e. The molecule has 1 aromatic heterocycles. The molecule has 4 rings (SSSR count). The highest BCUT2D eigenvalue weighted by atomic mass is 16.5. The molecule has 0 unspecified atom stereocenters. The predicted molar refractivity (Wildman–Crippen MR) is 161 cm³/mol. The van der Waals surface area contributed by atoms with E-state index in [1.807, 2.05) is 30.3 Å². The first-order valence-electron chi connectivity index (χ1n) is 13.8. The third-order valence-corrected chi connectivity index (χ3v) is 6.21. The fraction of sp³-hybridized carbons (Fsp3) is 0.323. The molecule has 0 fully saturated rings. The molecule has 3 aromatic carbocycles. The lowest BCUT2D eigenvalue weighted by Gasteiger charge is -2.19. The van der Waals surface area contributed by atoms with Crippen LogP contribution in [-0.4, -0.2) is 61.0 Å². The normalized spacial score (nSPS) is 10.9. The maximum absolute atomic E-state index is 5.61. The van der Waals surface area contributed by atoms with Gasteiger partial charge in [0.25, 0.3) is 0 Å². The Labute approximate surface area is 236 Å². The molecule has 1 heterocycles. The second kappa shape index (κ2) is 16.8. The van der Waals surface area contributed by atoms with E-state index in [4.69, 9.17) is 15.2 Å². The maximum Gasteiger partial charge on any atom is 0.229 e. The van der Waals surface area contributed by atoms with Gasteiger partial charge in [-0.1, -0.05) is 91.0 Å². The van der Waals surface area contributed by atoms with Gasteiger partial charge in [0.05, 0.1) is 26.4 Å². The second-order valence-electron chi connectivity index (χ2n) is 9.17. The summed E-state index contributed by atoms with van der Waals surface area (Å²) in [4.78, 5) is 13.8. The zero-order valence-corrected chi connectivity index (χ0v) is 22.8. The van der Waals surface area contributed by atoms with Crippen LogP contribution in [-0.2, 0) is 16.0 Å². The standard InChI is InChI=1S/C31H39N7O2/c32-17-20-39-22-23-40-21-19-34-30-36-29(37-31(38-30)35-24-25-10-4-1-5-11-25)33-18-16-28(26-12-6-2-7-13-26)27-14-8-3-9-15-27/h1-15,28H,16-24,32H2,(H3,33,34,35,36,37,38). The molecule has 210 valence electrons. The average molecular weight is 542 g/mol. The SMILES string of the molecule is NCCOCCOCCNc1nc(NCCC(c2ccccc2)c2ccccc2)nc(NCc2ccccc2)n1. The van der Waals surface area contributed by atoms with Crippen LogP contribution < -0.4 is 21.7 Å². The number of aromatic nitrogens is 3. The zero-order valence-electron chi connectivity index (χ0n) is 22.8.